The van der Waals surface area contributed by atoms with E-state index in [1.165, 1.54) is 0 Å². The predicted molar refractivity (Wildman–Crippen MR) is 105 cm³/mol. The van der Waals surface area contributed by atoms with Crippen LogP contribution in [0.2, 0.25) is 0 Å². The Morgan fingerprint density at radius 3 is 2.38 bits per heavy atom. The average molecular weight is 416 g/mol. The molecule has 7 nitrogen and oxygen atoms in total. The topological polar surface area (TPSA) is 102 Å². The summed E-state index contributed by atoms with van der Waals surface area (Å²) < 4.78 is 43.8. The van der Waals surface area contributed by atoms with E-state index in [9.17, 15) is 22.4 Å². The summed E-state index contributed by atoms with van der Waals surface area (Å²) in [6.07, 6.45) is 0. The largest absolute Gasteiger partial charge is 0.455 e. The lowest BCUT2D eigenvalue weighted by Gasteiger charge is -2.10. The molecular weight excluding hydrogens is 399 g/mol. The van der Waals surface area contributed by atoms with E-state index < -0.39 is 40.9 Å². The van der Waals surface area contributed by atoms with Gasteiger partial charge in [-0.25, -0.2) is 12.8 Å². The van der Waals surface area contributed by atoms with Crippen LogP contribution in [-0.4, -0.2) is 33.4 Å². The molecule has 3 aromatic carbocycles. The number of fused-ring (bicyclic) bond motifs is 1. The molecule has 2 N–H and O–H groups in total. The molecule has 0 saturated carbocycles. The molecule has 29 heavy (non-hydrogen) atoms. The van der Waals surface area contributed by atoms with Gasteiger partial charge in [-0.05, 0) is 35.7 Å². The first-order valence-electron chi connectivity index (χ1n) is 8.54. The van der Waals surface area contributed by atoms with E-state index in [1.807, 2.05) is 35.1 Å². The highest BCUT2D eigenvalue weighted by Gasteiger charge is 2.17. The van der Waals surface area contributed by atoms with Gasteiger partial charge in [-0.1, -0.05) is 36.4 Å². The lowest BCUT2D eigenvalue weighted by Crippen LogP contribution is -2.32. The smallest absolute Gasteiger partial charge is 0.321 e. The summed E-state index contributed by atoms with van der Waals surface area (Å²) in [7, 11) is -4.00. The molecule has 0 saturated heterocycles. The molecule has 0 fully saturated rings. The number of rotatable bonds is 7. The molecule has 0 aliphatic carbocycles. The van der Waals surface area contributed by atoms with E-state index in [0.29, 0.717) is 5.69 Å². The number of hydrogen-bond donors (Lipinski definition) is 2. The lowest BCUT2D eigenvalue weighted by atomic mass is 10.1. The highest BCUT2D eigenvalue weighted by molar-refractivity contribution is 7.89. The van der Waals surface area contributed by atoms with Crippen molar-refractivity contribution in [3.8, 4) is 0 Å². The first-order valence-corrected chi connectivity index (χ1v) is 10.0. The van der Waals surface area contributed by atoms with Crippen molar-refractivity contribution in [1.82, 2.24) is 4.72 Å². The number of halogens is 1. The zero-order chi connectivity index (χ0) is 20.9. The van der Waals surface area contributed by atoms with Crippen molar-refractivity contribution in [2.75, 3.05) is 18.5 Å². The van der Waals surface area contributed by atoms with Gasteiger partial charge in [-0.15, -0.1) is 0 Å². The van der Waals surface area contributed by atoms with Crippen LogP contribution in [0, 0.1) is 5.82 Å². The maximum Gasteiger partial charge on any atom is 0.321 e. The molecular formula is C20H17FN2O5S. The molecule has 3 rings (SSSR count). The van der Waals surface area contributed by atoms with E-state index in [-0.39, 0.29) is 4.90 Å². The Morgan fingerprint density at radius 2 is 1.62 bits per heavy atom. The first-order chi connectivity index (χ1) is 13.8. The maximum absolute atomic E-state index is 12.9. The molecule has 0 spiro atoms. The van der Waals surface area contributed by atoms with E-state index in [1.54, 1.807) is 12.1 Å². The molecule has 0 atom stereocenters. The molecule has 0 heterocycles. The van der Waals surface area contributed by atoms with Crippen LogP contribution in [0.25, 0.3) is 10.8 Å². The average Bonchev–Trinajstić information content (AvgIpc) is 2.71. The van der Waals surface area contributed by atoms with Crippen LogP contribution in [0.3, 0.4) is 0 Å². The Labute approximate surface area is 166 Å². The minimum atomic E-state index is -4.00. The SMILES string of the molecule is O=C(COC(=O)CNS(=O)(=O)c1ccc(F)cc1)Nc1cccc2ccccc12. The van der Waals surface area contributed by atoms with Gasteiger partial charge in [0.05, 0.1) is 4.90 Å². The number of sulfonamides is 1. The fourth-order valence-electron chi connectivity index (χ4n) is 2.57. The van der Waals surface area contributed by atoms with Crippen molar-refractivity contribution in [3.05, 3.63) is 72.5 Å². The number of amides is 1. The van der Waals surface area contributed by atoms with Gasteiger partial charge in [0.1, 0.15) is 12.4 Å². The van der Waals surface area contributed by atoms with Crippen LogP contribution in [0.15, 0.2) is 71.6 Å². The molecule has 0 aliphatic rings. The molecule has 1 amide bonds. The van der Waals surface area contributed by atoms with E-state index >= 15 is 0 Å². The van der Waals surface area contributed by atoms with Gasteiger partial charge in [-0.3, -0.25) is 9.59 Å². The van der Waals surface area contributed by atoms with Crippen LogP contribution in [-0.2, 0) is 24.3 Å². The third-order valence-corrected chi connectivity index (χ3v) is 5.38. The van der Waals surface area contributed by atoms with Crippen molar-refractivity contribution in [2.45, 2.75) is 4.90 Å². The molecule has 0 aliphatic heterocycles. The van der Waals surface area contributed by atoms with Crippen molar-refractivity contribution in [2.24, 2.45) is 0 Å². The van der Waals surface area contributed by atoms with Crippen molar-refractivity contribution < 1.29 is 27.1 Å². The number of anilines is 1. The number of carbonyl (C=O) groups excluding carboxylic acids is 2. The maximum atomic E-state index is 12.9. The van der Waals surface area contributed by atoms with Gasteiger partial charge in [-0.2, -0.15) is 4.72 Å². The van der Waals surface area contributed by atoms with Gasteiger partial charge in [0, 0.05) is 11.1 Å². The Morgan fingerprint density at radius 1 is 0.931 bits per heavy atom. The van der Waals surface area contributed by atoms with Crippen LogP contribution in [0.5, 0.6) is 0 Å². The number of nitrogens with one attached hydrogen (secondary N) is 2. The molecule has 0 aromatic heterocycles. The minimum absolute atomic E-state index is 0.194. The molecule has 3 aromatic rings. The van der Waals surface area contributed by atoms with Crippen molar-refractivity contribution in [3.63, 3.8) is 0 Å². The second-order valence-corrected chi connectivity index (χ2v) is 7.78. The van der Waals surface area contributed by atoms with Gasteiger partial charge >= 0.3 is 5.97 Å². The van der Waals surface area contributed by atoms with Crippen molar-refractivity contribution in [1.29, 1.82) is 0 Å². The summed E-state index contributed by atoms with van der Waals surface area (Å²) in [5.41, 5.74) is 0.571. The van der Waals surface area contributed by atoms with Crippen LogP contribution < -0.4 is 10.0 Å². The molecule has 0 bridgehead atoms. The minimum Gasteiger partial charge on any atom is -0.455 e. The normalized spacial score (nSPS) is 11.2. The molecule has 150 valence electrons. The van der Waals surface area contributed by atoms with Gasteiger partial charge in [0.25, 0.3) is 5.91 Å². The highest BCUT2D eigenvalue weighted by atomic mass is 32.2. The summed E-state index contributed by atoms with van der Waals surface area (Å²) in [5, 5.41) is 4.43. The second kappa shape index (κ2) is 8.80. The van der Waals surface area contributed by atoms with E-state index in [4.69, 9.17) is 4.74 Å². The quantitative estimate of drug-likeness (QED) is 0.576. The third kappa shape index (κ3) is 5.37. The lowest BCUT2D eigenvalue weighted by molar-refractivity contribution is -0.146. The number of carbonyl (C=O) groups is 2. The number of hydrogen-bond acceptors (Lipinski definition) is 5. The fourth-order valence-corrected chi connectivity index (χ4v) is 3.54. The molecule has 0 unspecified atom stereocenters. The van der Waals surface area contributed by atoms with Gasteiger partial charge in [0.15, 0.2) is 6.61 Å². The van der Waals surface area contributed by atoms with E-state index in [0.717, 1.165) is 35.0 Å². The first kappa shape index (κ1) is 20.4. The third-order valence-electron chi connectivity index (χ3n) is 3.96. The Balaban J connectivity index is 1.51. The Kier molecular flexibility index (Phi) is 6.20. The summed E-state index contributed by atoms with van der Waals surface area (Å²) in [5.74, 6) is -2.07. The van der Waals surface area contributed by atoms with Crippen LogP contribution in [0.1, 0.15) is 0 Å². The predicted octanol–water partition coefficient (Wildman–Crippen LogP) is 2.44. The van der Waals surface area contributed by atoms with Crippen LogP contribution in [0.4, 0.5) is 10.1 Å². The molecule has 9 heteroatoms. The number of esters is 1. The second-order valence-electron chi connectivity index (χ2n) is 6.01. The standard InChI is InChI=1S/C20H17FN2O5S/c21-15-8-10-16(11-9-15)29(26,27)22-12-20(25)28-13-19(24)23-18-7-3-5-14-4-1-2-6-17(14)18/h1-11,22H,12-13H2,(H,23,24). The monoisotopic (exact) mass is 416 g/mol. The number of ether oxygens (including phenoxy) is 1. The summed E-state index contributed by atoms with van der Waals surface area (Å²) in [6.45, 7) is -1.23. The summed E-state index contributed by atoms with van der Waals surface area (Å²) >= 11 is 0. The fraction of sp³-hybridized carbons (Fsp3) is 0.100. The zero-order valence-corrected chi connectivity index (χ0v) is 15.9. The summed E-state index contributed by atoms with van der Waals surface area (Å²) in [6, 6.07) is 17.0. The van der Waals surface area contributed by atoms with Gasteiger partial charge < -0.3 is 10.1 Å². The zero-order valence-electron chi connectivity index (χ0n) is 15.1. The Bertz CT molecular complexity index is 1140. The Hall–Kier alpha value is -3.30. The van der Waals surface area contributed by atoms with Crippen molar-refractivity contribution >= 4 is 38.4 Å². The summed E-state index contributed by atoms with van der Waals surface area (Å²) in [4.78, 5) is 23.6. The number of benzene rings is 3. The molecule has 0 radical (unpaired) electrons. The van der Waals surface area contributed by atoms with Crippen LogP contribution >= 0.6 is 0 Å². The highest BCUT2D eigenvalue weighted by Crippen LogP contribution is 2.22. The van der Waals surface area contributed by atoms with E-state index in [2.05, 4.69) is 5.32 Å². The van der Waals surface area contributed by atoms with Gasteiger partial charge in [0.2, 0.25) is 10.0 Å².